The third kappa shape index (κ3) is 3.17. The van der Waals surface area contributed by atoms with Gasteiger partial charge >= 0.3 is 0 Å². The van der Waals surface area contributed by atoms with Crippen LogP contribution in [-0.2, 0) is 0 Å². The van der Waals surface area contributed by atoms with Crippen molar-refractivity contribution in [1.82, 2.24) is 19.9 Å². The van der Waals surface area contributed by atoms with E-state index in [2.05, 4.69) is 15.2 Å². The molecule has 6 nitrogen and oxygen atoms in total. The highest BCUT2D eigenvalue weighted by molar-refractivity contribution is 6.30. The van der Waals surface area contributed by atoms with Crippen LogP contribution in [0.15, 0.2) is 82.1 Å². The van der Waals surface area contributed by atoms with E-state index in [-0.39, 0.29) is 11.4 Å². The Morgan fingerprint density at radius 3 is 2.47 bits per heavy atom. The molecule has 7 heteroatoms. The predicted octanol–water partition coefficient (Wildman–Crippen LogP) is 5.06. The maximum Gasteiger partial charge on any atom is 0.279 e. The molecule has 0 atom stereocenters. The van der Waals surface area contributed by atoms with Crippen LogP contribution in [0.4, 0.5) is 0 Å². The van der Waals surface area contributed by atoms with E-state index in [4.69, 9.17) is 16.1 Å². The quantitative estimate of drug-likeness (QED) is 0.412. The van der Waals surface area contributed by atoms with Crippen molar-refractivity contribution in [3.8, 4) is 28.7 Å². The minimum Gasteiger partial charge on any atom is -0.332 e. The summed E-state index contributed by atoms with van der Waals surface area (Å²) in [6.45, 7) is 1.97. The summed E-state index contributed by atoms with van der Waals surface area (Å²) in [7, 11) is 0. The molecular weight excluding hydrogens is 400 g/mol. The van der Waals surface area contributed by atoms with Crippen molar-refractivity contribution in [2.75, 3.05) is 0 Å². The van der Waals surface area contributed by atoms with Gasteiger partial charge in [0.15, 0.2) is 5.69 Å². The molecule has 0 fully saturated rings. The van der Waals surface area contributed by atoms with E-state index in [0.29, 0.717) is 33.0 Å². The summed E-state index contributed by atoms with van der Waals surface area (Å²) in [5.74, 6) is 0.651. The van der Waals surface area contributed by atoms with Gasteiger partial charge < -0.3 is 4.52 Å². The Morgan fingerprint density at radius 1 is 0.933 bits per heavy atom. The Kier molecular flexibility index (Phi) is 4.41. The first-order chi connectivity index (χ1) is 14.6. The first-order valence-corrected chi connectivity index (χ1v) is 9.67. The van der Waals surface area contributed by atoms with Crippen molar-refractivity contribution in [3.05, 3.63) is 93.7 Å². The lowest BCUT2D eigenvalue weighted by molar-refractivity contribution is 0.430. The second-order valence-corrected chi connectivity index (χ2v) is 7.32. The van der Waals surface area contributed by atoms with Crippen molar-refractivity contribution in [1.29, 1.82) is 0 Å². The molecule has 0 bridgehead atoms. The molecule has 146 valence electrons. The molecule has 3 aromatic carbocycles. The Bertz CT molecular complexity index is 1440. The fourth-order valence-electron chi connectivity index (χ4n) is 3.32. The number of hydrogen-bond acceptors (Lipinski definition) is 5. The van der Waals surface area contributed by atoms with Crippen LogP contribution in [0.1, 0.15) is 5.56 Å². The van der Waals surface area contributed by atoms with Gasteiger partial charge in [0.2, 0.25) is 5.82 Å². The van der Waals surface area contributed by atoms with E-state index in [1.165, 1.54) is 4.68 Å². The summed E-state index contributed by atoms with van der Waals surface area (Å²) in [5, 5.41) is 10.5. The van der Waals surface area contributed by atoms with Gasteiger partial charge in [0.1, 0.15) is 0 Å². The number of nitrogens with zero attached hydrogens (tertiary/aromatic N) is 4. The van der Waals surface area contributed by atoms with Gasteiger partial charge in [0.05, 0.1) is 11.1 Å². The number of aryl methyl sites for hydroxylation is 1. The Hall–Kier alpha value is -3.77. The van der Waals surface area contributed by atoms with Gasteiger partial charge in [-0.3, -0.25) is 4.79 Å². The minimum absolute atomic E-state index is 0.211. The van der Waals surface area contributed by atoms with Crippen LogP contribution in [-0.4, -0.2) is 19.9 Å². The van der Waals surface area contributed by atoms with Crippen LogP contribution in [0, 0.1) is 6.92 Å². The lowest BCUT2D eigenvalue weighted by atomic mass is 10.1. The highest BCUT2D eigenvalue weighted by atomic mass is 35.5. The number of hydrogen-bond donors (Lipinski definition) is 0. The zero-order chi connectivity index (χ0) is 20.7. The Labute approximate surface area is 176 Å². The van der Waals surface area contributed by atoms with Crippen molar-refractivity contribution in [2.45, 2.75) is 6.92 Å². The SMILES string of the molecule is Cc1cccc(-n2nc(-c3nc(-c4ccc(Cl)cc4)no3)c3ccccc3c2=O)c1. The van der Waals surface area contributed by atoms with E-state index in [0.717, 1.165) is 11.1 Å². The number of rotatable bonds is 3. The largest absolute Gasteiger partial charge is 0.332 e. The van der Waals surface area contributed by atoms with Gasteiger partial charge in [-0.15, -0.1) is 0 Å². The third-order valence-electron chi connectivity index (χ3n) is 4.78. The number of aromatic nitrogens is 4. The molecule has 5 aromatic rings. The number of fused-ring (bicyclic) bond motifs is 1. The first-order valence-electron chi connectivity index (χ1n) is 9.29. The molecule has 0 saturated carbocycles. The fourth-order valence-corrected chi connectivity index (χ4v) is 3.44. The molecular formula is C23H15ClN4O2. The first kappa shape index (κ1) is 18.3. The van der Waals surface area contributed by atoms with E-state index in [9.17, 15) is 4.79 Å². The number of benzene rings is 3. The second kappa shape index (κ2) is 7.24. The van der Waals surface area contributed by atoms with Gasteiger partial charge in [0, 0.05) is 16.0 Å². The van der Waals surface area contributed by atoms with Crippen molar-refractivity contribution in [2.24, 2.45) is 0 Å². The third-order valence-corrected chi connectivity index (χ3v) is 5.03. The molecule has 0 amide bonds. The van der Waals surface area contributed by atoms with E-state index >= 15 is 0 Å². The summed E-state index contributed by atoms with van der Waals surface area (Å²) in [5.41, 5.74) is 2.70. The zero-order valence-corrected chi connectivity index (χ0v) is 16.7. The molecule has 0 spiro atoms. The average Bonchev–Trinajstić information content (AvgIpc) is 3.25. The summed E-state index contributed by atoms with van der Waals surface area (Å²) in [4.78, 5) is 17.6. The fraction of sp³-hybridized carbons (Fsp3) is 0.0435. The molecule has 0 unspecified atom stereocenters. The lowest BCUT2D eigenvalue weighted by Crippen LogP contribution is -2.22. The summed E-state index contributed by atoms with van der Waals surface area (Å²) >= 11 is 5.96. The average molecular weight is 415 g/mol. The van der Waals surface area contributed by atoms with Gasteiger partial charge in [-0.25, -0.2) is 0 Å². The highest BCUT2D eigenvalue weighted by Gasteiger charge is 2.19. The standard InChI is InChI=1S/C23H15ClN4O2/c1-14-5-4-6-17(13-14)28-23(29)19-8-3-2-7-18(19)20(26-28)22-25-21(27-30-22)15-9-11-16(24)12-10-15/h2-13H,1H3. The second-order valence-electron chi connectivity index (χ2n) is 6.88. The summed E-state index contributed by atoms with van der Waals surface area (Å²) in [6, 6.07) is 22.0. The molecule has 0 aliphatic heterocycles. The van der Waals surface area contributed by atoms with Crippen molar-refractivity contribution >= 4 is 22.4 Å². The monoisotopic (exact) mass is 414 g/mol. The molecule has 0 radical (unpaired) electrons. The molecule has 2 heterocycles. The van der Waals surface area contributed by atoms with E-state index in [1.54, 1.807) is 18.2 Å². The van der Waals surface area contributed by atoms with Gasteiger partial charge in [-0.05, 0) is 55.0 Å². The molecule has 30 heavy (non-hydrogen) atoms. The van der Waals surface area contributed by atoms with Crippen LogP contribution in [0.5, 0.6) is 0 Å². The highest BCUT2D eigenvalue weighted by Crippen LogP contribution is 2.27. The van der Waals surface area contributed by atoms with E-state index < -0.39 is 0 Å². The van der Waals surface area contributed by atoms with Crippen LogP contribution in [0.2, 0.25) is 5.02 Å². The molecule has 2 aromatic heterocycles. The minimum atomic E-state index is -0.211. The maximum absolute atomic E-state index is 13.1. The predicted molar refractivity (Wildman–Crippen MR) is 116 cm³/mol. The van der Waals surface area contributed by atoms with Gasteiger partial charge in [0.25, 0.3) is 11.4 Å². The number of halogens is 1. The van der Waals surface area contributed by atoms with Crippen LogP contribution in [0.25, 0.3) is 39.4 Å². The van der Waals surface area contributed by atoms with E-state index in [1.807, 2.05) is 61.5 Å². The summed E-state index contributed by atoms with van der Waals surface area (Å²) < 4.78 is 6.90. The summed E-state index contributed by atoms with van der Waals surface area (Å²) in [6.07, 6.45) is 0. The van der Waals surface area contributed by atoms with Crippen LogP contribution >= 0.6 is 11.6 Å². The molecule has 5 rings (SSSR count). The van der Waals surface area contributed by atoms with Gasteiger partial charge in [-0.2, -0.15) is 14.8 Å². The smallest absolute Gasteiger partial charge is 0.279 e. The van der Waals surface area contributed by atoms with Crippen LogP contribution < -0.4 is 5.56 Å². The molecule has 0 N–H and O–H groups in total. The molecule has 0 aliphatic rings. The van der Waals surface area contributed by atoms with Crippen molar-refractivity contribution < 1.29 is 4.52 Å². The zero-order valence-electron chi connectivity index (χ0n) is 15.9. The Balaban J connectivity index is 1.72. The molecule has 0 aliphatic carbocycles. The van der Waals surface area contributed by atoms with Crippen molar-refractivity contribution in [3.63, 3.8) is 0 Å². The topological polar surface area (TPSA) is 73.8 Å². The lowest BCUT2D eigenvalue weighted by Gasteiger charge is -2.09. The van der Waals surface area contributed by atoms with Gasteiger partial charge in [-0.1, -0.05) is 47.1 Å². The molecule has 0 saturated heterocycles. The van der Waals surface area contributed by atoms with Crippen LogP contribution in [0.3, 0.4) is 0 Å². The Morgan fingerprint density at radius 2 is 1.70 bits per heavy atom. The normalized spacial score (nSPS) is 11.1. The maximum atomic E-state index is 13.1.